The first-order valence-electron chi connectivity index (χ1n) is 9.28. The monoisotopic (exact) mass is 398 g/mol. The number of aryl methyl sites for hydroxylation is 1. The molecule has 1 fully saturated rings. The highest BCUT2D eigenvalue weighted by atomic mass is 35.5. The number of benzene rings is 2. The third kappa shape index (κ3) is 4.58. The minimum absolute atomic E-state index is 0.00236. The van der Waals surface area contributed by atoms with Gasteiger partial charge in [-0.15, -0.1) is 0 Å². The summed E-state index contributed by atoms with van der Waals surface area (Å²) in [6.07, 6.45) is 1.93. The van der Waals surface area contributed by atoms with Gasteiger partial charge < -0.3 is 14.4 Å². The standard InChI is InChI=1S/C22H23ClN2O3/c1-15-5-7-18(11-19(15)23)22(26)25-9-3-4-17(13-25)14-28-20-8-6-16(12-24)10-21(20)27-2/h5-8,10-11,17H,3-4,9,13-14H2,1-2H3. The van der Waals surface area contributed by atoms with E-state index in [4.69, 9.17) is 26.3 Å². The molecule has 0 N–H and O–H groups in total. The van der Waals surface area contributed by atoms with Crippen molar-refractivity contribution < 1.29 is 14.3 Å². The number of hydrogen-bond donors (Lipinski definition) is 0. The van der Waals surface area contributed by atoms with Crippen LogP contribution >= 0.6 is 11.6 Å². The molecule has 0 radical (unpaired) electrons. The van der Waals surface area contributed by atoms with Crippen molar-refractivity contribution >= 4 is 17.5 Å². The van der Waals surface area contributed by atoms with E-state index in [1.165, 1.54) is 0 Å². The summed E-state index contributed by atoms with van der Waals surface area (Å²) in [6.45, 7) is 3.78. The molecule has 3 rings (SSSR count). The minimum atomic E-state index is 0.00236. The van der Waals surface area contributed by atoms with Gasteiger partial charge in [0.05, 0.1) is 25.3 Å². The van der Waals surface area contributed by atoms with Crippen molar-refractivity contribution in [3.05, 3.63) is 58.1 Å². The summed E-state index contributed by atoms with van der Waals surface area (Å²) >= 11 is 6.17. The van der Waals surface area contributed by atoms with Crippen molar-refractivity contribution in [1.29, 1.82) is 5.26 Å². The number of carbonyl (C=O) groups is 1. The van der Waals surface area contributed by atoms with Crippen LogP contribution in [0.3, 0.4) is 0 Å². The average molecular weight is 399 g/mol. The molecule has 1 atom stereocenters. The number of carbonyl (C=O) groups excluding carboxylic acids is 1. The molecule has 5 nitrogen and oxygen atoms in total. The molecule has 1 aliphatic rings. The predicted octanol–water partition coefficient (Wildman–Crippen LogP) is 4.46. The number of nitrogens with zero attached hydrogens (tertiary/aromatic N) is 2. The summed E-state index contributed by atoms with van der Waals surface area (Å²) in [5.74, 6) is 1.38. The van der Waals surface area contributed by atoms with Gasteiger partial charge in [-0.05, 0) is 49.6 Å². The molecule has 1 aliphatic heterocycles. The fraction of sp³-hybridized carbons (Fsp3) is 0.364. The summed E-state index contributed by atoms with van der Waals surface area (Å²) in [4.78, 5) is 14.7. The summed E-state index contributed by atoms with van der Waals surface area (Å²) in [5, 5.41) is 9.60. The number of halogens is 1. The molecule has 0 aliphatic carbocycles. The molecule has 1 heterocycles. The van der Waals surface area contributed by atoms with Gasteiger partial charge >= 0.3 is 0 Å². The molecule has 1 unspecified atom stereocenters. The maximum absolute atomic E-state index is 12.8. The first kappa shape index (κ1) is 20.0. The zero-order valence-electron chi connectivity index (χ0n) is 16.1. The topological polar surface area (TPSA) is 62.6 Å². The Bertz CT molecular complexity index is 907. The zero-order valence-corrected chi connectivity index (χ0v) is 16.8. The van der Waals surface area contributed by atoms with Gasteiger partial charge in [0, 0.05) is 35.7 Å². The van der Waals surface area contributed by atoms with Crippen LogP contribution in [-0.4, -0.2) is 37.6 Å². The molecular weight excluding hydrogens is 376 g/mol. The van der Waals surface area contributed by atoms with E-state index in [-0.39, 0.29) is 11.8 Å². The highest BCUT2D eigenvalue weighted by Gasteiger charge is 2.25. The summed E-state index contributed by atoms with van der Waals surface area (Å²) in [6, 6.07) is 12.6. The number of piperidine rings is 1. The van der Waals surface area contributed by atoms with Gasteiger partial charge in [-0.3, -0.25) is 4.79 Å². The molecule has 0 aromatic heterocycles. The number of methoxy groups -OCH3 is 1. The van der Waals surface area contributed by atoms with Crippen molar-refractivity contribution in [2.75, 3.05) is 26.8 Å². The molecule has 0 spiro atoms. The van der Waals surface area contributed by atoms with Gasteiger partial charge in [-0.2, -0.15) is 5.26 Å². The van der Waals surface area contributed by atoms with Crippen molar-refractivity contribution in [3.63, 3.8) is 0 Å². The molecule has 2 aromatic carbocycles. The molecule has 6 heteroatoms. The van der Waals surface area contributed by atoms with Crippen LogP contribution in [0.2, 0.25) is 5.02 Å². The van der Waals surface area contributed by atoms with Crippen molar-refractivity contribution in [3.8, 4) is 17.6 Å². The van der Waals surface area contributed by atoms with E-state index in [0.717, 1.165) is 24.9 Å². The van der Waals surface area contributed by atoms with Crippen LogP contribution in [0.5, 0.6) is 11.5 Å². The third-order valence-corrected chi connectivity index (χ3v) is 5.40. The normalized spacial score (nSPS) is 16.4. The van der Waals surface area contributed by atoms with Crippen molar-refractivity contribution in [2.24, 2.45) is 5.92 Å². The Morgan fingerprint density at radius 2 is 2.11 bits per heavy atom. The van der Waals surface area contributed by atoms with Gasteiger partial charge in [0.25, 0.3) is 5.91 Å². The van der Waals surface area contributed by atoms with E-state index in [9.17, 15) is 4.79 Å². The second-order valence-electron chi connectivity index (χ2n) is 7.01. The number of ether oxygens (including phenoxy) is 2. The van der Waals surface area contributed by atoms with Crippen LogP contribution in [-0.2, 0) is 0 Å². The molecule has 1 saturated heterocycles. The first-order chi connectivity index (χ1) is 13.5. The predicted molar refractivity (Wildman–Crippen MR) is 108 cm³/mol. The number of nitriles is 1. The van der Waals surface area contributed by atoms with E-state index >= 15 is 0 Å². The molecule has 0 bridgehead atoms. The number of hydrogen-bond acceptors (Lipinski definition) is 4. The lowest BCUT2D eigenvalue weighted by Gasteiger charge is -2.33. The average Bonchev–Trinajstić information content (AvgIpc) is 2.73. The SMILES string of the molecule is COc1cc(C#N)ccc1OCC1CCCN(C(=O)c2ccc(C)c(Cl)c2)C1. The van der Waals surface area contributed by atoms with E-state index in [2.05, 4.69) is 6.07 Å². The molecular formula is C22H23ClN2O3. The van der Waals surface area contributed by atoms with E-state index in [1.54, 1.807) is 31.4 Å². The zero-order chi connectivity index (χ0) is 20.1. The van der Waals surface area contributed by atoms with Crippen LogP contribution in [0.15, 0.2) is 36.4 Å². The van der Waals surface area contributed by atoms with Gasteiger partial charge in [0.15, 0.2) is 11.5 Å². The third-order valence-electron chi connectivity index (χ3n) is 4.99. The van der Waals surface area contributed by atoms with Crippen LogP contribution in [0.25, 0.3) is 0 Å². The van der Waals surface area contributed by atoms with Crippen molar-refractivity contribution in [1.82, 2.24) is 4.90 Å². The van der Waals surface area contributed by atoms with E-state index in [0.29, 0.717) is 40.8 Å². The maximum atomic E-state index is 12.8. The molecule has 2 aromatic rings. The summed E-state index contributed by atoms with van der Waals surface area (Å²) in [7, 11) is 1.55. The van der Waals surface area contributed by atoms with Gasteiger partial charge in [-0.1, -0.05) is 17.7 Å². The summed E-state index contributed by atoms with van der Waals surface area (Å²) < 4.78 is 11.3. The first-order valence-corrected chi connectivity index (χ1v) is 9.66. The Morgan fingerprint density at radius 3 is 2.82 bits per heavy atom. The van der Waals surface area contributed by atoms with Gasteiger partial charge in [-0.25, -0.2) is 0 Å². The highest BCUT2D eigenvalue weighted by Crippen LogP contribution is 2.29. The lowest BCUT2D eigenvalue weighted by atomic mass is 9.98. The Hall–Kier alpha value is -2.71. The van der Waals surface area contributed by atoms with Crippen molar-refractivity contribution in [2.45, 2.75) is 19.8 Å². The largest absolute Gasteiger partial charge is 0.493 e. The highest BCUT2D eigenvalue weighted by molar-refractivity contribution is 6.31. The Morgan fingerprint density at radius 1 is 1.29 bits per heavy atom. The summed E-state index contributed by atoms with van der Waals surface area (Å²) in [5.41, 5.74) is 2.10. The molecule has 146 valence electrons. The van der Waals surface area contributed by atoms with Gasteiger partial charge in [0.1, 0.15) is 0 Å². The fourth-order valence-corrected chi connectivity index (χ4v) is 3.54. The Labute approximate surface area is 170 Å². The fourth-order valence-electron chi connectivity index (χ4n) is 3.36. The van der Waals surface area contributed by atoms with Gasteiger partial charge in [0.2, 0.25) is 0 Å². The molecule has 28 heavy (non-hydrogen) atoms. The molecule has 1 amide bonds. The van der Waals surface area contributed by atoms with Crippen LogP contribution in [0.4, 0.5) is 0 Å². The second-order valence-corrected chi connectivity index (χ2v) is 7.42. The van der Waals surface area contributed by atoms with Crippen LogP contribution in [0.1, 0.15) is 34.3 Å². The second kappa shape index (κ2) is 8.99. The minimum Gasteiger partial charge on any atom is -0.493 e. The smallest absolute Gasteiger partial charge is 0.253 e. The quantitative estimate of drug-likeness (QED) is 0.745. The number of likely N-dealkylation sites (tertiary alicyclic amines) is 1. The van der Waals surface area contributed by atoms with Crippen LogP contribution < -0.4 is 9.47 Å². The Kier molecular flexibility index (Phi) is 6.43. The molecule has 0 saturated carbocycles. The van der Waals surface area contributed by atoms with E-state index in [1.807, 2.05) is 24.0 Å². The Balaban J connectivity index is 1.63. The maximum Gasteiger partial charge on any atom is 0.253 e. The lowest BCUT2D eigenvalue weighted by molar-refractivity contribution is 0.0632. The number of amides is 1. The van der Waals surface area contributed by atoms with Crippen LogP contribution in [0, 0.1) is 24.2 Å². The lowest BCUT2D eigenvalue weighted by Crippen LogP contribution is -2.41. The number of rotatable bonds is 5. The van der Waals surface area contributed by atoms with E-state index < -0.39 is 0 Å².